The number of hydrogen-bond acceptors (Lipinski definition) is 3. The molecule has 0 bridgehead atoms. The number of ether oxygens (including phenoxy) is 1. The van der Waals surface area contributed by atoms with Gasteiger partial charge in [0.25, 0.3) is 0 Å². The van der Waals surface area contributed by atoms with Crippen LogP contribution in [0.4, 0.5) is 0 Å². The van der Waals surface area contributed by atoms with E-state index in [1.54, 1.807) is 13.3 Å². The molecule has 1 aromatic carbocycles. The van der Waals surface area contributed by atoms with Crippen molar-refractivity contribution in [2.75, 3.05) is 7.11 Å². The van der Waals surface area contributed by atoms with E-state index in [1.165, 1.54) is 0 Å². The van der Waals surface area contributed by atoms with Crippen LogP contribution in [0.3, 0.4) is 0 Å². The van der Waals surface area contributed by atoms with E-state index in [-0.39, 0.29) is 10.8 Å². The highest BCUT2D eigenvalue weighted by Gasteiger charge is 2.22. The molecule has 4 nitrogen and oxygen atoms in total. The molecule has 0 amide bonds. The number of benzene rings is 1. The van der Waals surface area contributed by atoms with Crippen LogP contribution in [0, 0.1) is 0 Å². The molecule has 0 radical (unpaired) electrons. The Bertz CT molecular complexity index is 665. The van der Waals surface area contributed by atoms with Crippen molar-refractivity contribution in [1.29, 1.82) is 0 Å². The molecule has 21 heavy (non-hydrogen) atoms. The van der Waals surface area contributed by atoms with Crippen LogP contribution in [0.25, 0.3) is 10.8 Å². The van der Waals surface area contributed by atoms with E-state index >= 15 is 0 Å². The van der Waals surface area contributed by atoms with E-state index in [4.69, 9.17) is 4.74 Å². The fraction of sp³-hybridized carbons (Fsp3) is 0.438. The maximum atomic E-state index is 12.3. The summed E-state index contributed by atoms with van der Waals surface area (Å²) in [6.45, 7) is 7.85. The largest absolute Gasteiger partial charge is 0.481 e. The van der Waals surface area contributed by atoms with Crippen LogP contribution in [0.15, 0.2) is 30.5 Å². The number of rotatable bonds is 4. The van der Waals surface area contributed by atoms with Crippen molar-refractivity contribution < 1.29 is 8.95 Å². The third kappa shape index (κ3) is 3.41. The minimum atomic E-state index is -1.13. The van der Waals surface area contributed by atoms with Gasteiger partial charge in [-0.3, -0.25) is 0 Å². The molecule has 0 aliphatic carbocycles. The van der Waals surface area contributed by atoms with Gasteiger partial charge in [-0.1, -0.05) is 18.2 Å². The van der Waals surface area contributed by atoms with Crippen LogP contribution < -0.4 is 9.46 Å². The van der Waals surface area contributed by atoms with E-state index in [1.807, 2.05) is 52.0 Å². The van der Waals surface area contributed by atoms with Crippen molar-refractivity contribution in [1.82, 2.24) is 9.71 Å². The highest BCUT2D eigenvalue weighted by Crippen LogP contribution is 2.29. The molecule has 114 valence electrons. The molecular weight excluding hydrogens is 284 g/mol. The molecule has 0 spiro atoms. The Balaban J connectivity index is 2.41. The number of aromatic nitrogens is 1. The lowest BCUT2D eigenvalue weighted by Crippen LogP contribution is -2.34. The van der Waals surface area contributed by atoms with Gasteiger partial charge in [-0.15, -0.1) is 0 Å². The summed E-state index contributed by atoms with van der Waals surface area (Å²) in [5, 5.41) is 2.03. The van der Waals surface area contributed by atoms with Gasteiger partial charge in [-0.2, -0.15) is 0 Å². The van der Waals surface area contributed by atoms with Crippen molar-refractivity contribution in [2.24, 2.45) is 0 Å². The molecule has 1 N–H and O–H groups in total. The van der Waals surface area contributed by atoms with Crippen LogP contribution in [-0.4, -0.2) is 21.0 Å². The second-order valence-corrected chi connectivity index (χ2v) is 7.99. The molecule has 5 heteroatoms. The molecule has 1 unspecified atom stereocenters. The maximum absolute atomic E-state index is 12.3. The Hall–Kier alpha value is -1.46. The van der Waals surface area contributed by atoms with Gasteiger partial charge in [0.15, 0.2) is 0 Å². The zero-order valence-electron chi connectivity index (χ0n) is 13.1. The van der Waals surface area contributed by atoms with Gasteiger partial charge in [0.2, 0.25) is 5.88 Å². The minimum absolute atomic E-state index is 0.0617. The molecule has 0 aliphatic heterocycles. The van der Waals surface area contributed by atoms with E-state index in [9.17, 15) is 4.21 Å². The first-order chi connectivity index (χ1) is 9.84. The molecule has 0 saturated carbocycles. The minimum Gasteiger partial charge on any atom is -0.481 e. The van der Waals surface area contributed by atoms with Crippen molar-refractivity contribution in [3.05, 3.63) is 36.0 Å². The number of fused-ring (bicyclic) bond motifs is 1. The molecule has 1 heterocycles. The first-order valence-corrected chi connectivity index (χ1v) is 8.09. The summed E-state index contributed by atoms with van der Waals surface area (Å²) in [6.07, 6.45) is 1.79. The molecule has 2 atom stereocenters. The highest BCUT2D eigenvalue weighted by molar-refractivity contribution is 7.84. The van der Waals surface area contributed by atoms with Gasteiger partial charge in [-0.05, 0) is 44.7 Å². The topological polar surface area (TPSA) is 51.2 Å². The fourth-order valence-electron chi connectivity index (χ4n) is 2.10. The first kappa shape index (κ1) is 15.9. The molecular formula is C16H22N2O2S. The lowest BCUT2D eigenvalue weighted by atomic mass is 10.0. The Morgan fingerprint density at radius 3 is 2.43 bits per heavy atom. The Labute approximate surface area is 128 Å². The molecule has 0 fully saturated rings. The summed E-state index contributed by atoms with van der Waals surface area (Å²) in [7, 11) is 0.489. The Morgan fingerprint density at radius 1 is 1.24 bits per heavy atom. The molecule has 0 saturated heterocycles. The summed E-state index contributed by atoms with van der Waals surface area (Å²) >= 11 is 0. The number of nitrogens with zero attached hydrogens (tertiary/aromatic N) is 1. The maximum Gasteiger partial charge on any atom is 0.221 e. The van der Waals surface area contributed by atoms with Gasteiger partial charge < -0.3 is 4.74 Å². The molecule has 2 rings (SSSR count). The second-order valence-electron chi connectivity index (χ2n) is 5.99. The third-order valence-electron chi connectivity index (χ3n) is 3.29. The van der Waals surface area contributed by atoms with E-state index in [0.29, 0.717) is 5.88 Å². The summed E-state index contributed by atoms with van der Waals surface area (Å²) < 4.78 is 20.4. The van der Waals surface area contributed by atoms with Crippen LogP contribution in [0.2, 0.25) is 0 Å². The highest BCUT2D eigenvalue weighted by atomic mass is 32.2. The number of pyridine rings is 1. The Kier molecular flexibility index (Phi) is 4.64. The monoisotopic (exact) mass is 306 g/mol. The lowest BCUT2D eigenvalue weighted by molar-refractivity contribution is 0.403. The zero-order valence-corrected chi connectivity index (χ0v) is 14.0. The molecule has 1 aromatic heterocycles. The van der Waals surface area contributed by atoms with Crippen LogP contribution in [0.1, 0.15) is 39.3 Å². The molecule has 0 aliphatic rings. The average Bonchev–Trinajstić information content (AvgIpc) is 2.44. The predicted octanol–water partition coefficient (Wildman–Crippen LogP) is 3.36. The van der Waals surface area contributed by atoms with Gasteiger partial charge >= 0.3 is 0 Å². The summed E-state index contributed by atoms with van der Waals surface area (Å²) in [6, 6.07) is 7.90. The van der Waals surface area contributed by atoms with Crippen molar-refractivity contribution in [2.45, 2.75) is 38.5 Å². The number of nitrogens with one attached hydrogen (secondary N) is 1. The van der Waals surface area contributed by atoms with E-state index in [2.05, 4.69) is 9.71 Å². The summed E-state index contributed by atoms with van der Waals surface area (Å²) in [4.78, 5) is 4.35. The van der Waals surface area contributed by atoms with Crippen LogP contribution in [-0.2, 0) is 11.0 Å². The van der Waals surface area contributed by atoms with Gasteiger partial charge in [0, 0.05) is 17.6 Å². The third-order valence-corrected chi connectivity index (χ3v) is 4.97. The predicted molar refractivity (Wildman–Crippen MR) is 87.7 cm³/mol. The quantitative estimate of drug-likeness (QED) is 0.942. The second kappa shape index (κ2) is 6.12. The van der Waals surface area contributed by atoms with Gasteiger partial charge in [-0.25, -0.2) is 13.9 Å². The summed E-state index contributed by atoms with van der Waals surface area (Å²) in [5.74, 6) is 0.610. The fourth-order valence-corrected chi connectivity index (χ4v) is 2.90. The van der Waals surface area contributed by atoms with Crippen molar-refractivity contribution in [3.63, 3.8) is 0 Å². The molecule has 2 aromatic rings. The standard InChI is InChI=1S/C16H22N2O2S/c1-11(18-21(19)16(2,3)4)14-10-17-15(20-5)13-9-7-6-8-12(13)14/h6-11,18H,1-5H3/t11-,21?/m0/s1. The number of methoxy groups -OCH3 is 1. The Morgan fingerprint density at radius 2 is 1.86 bits per heavy atom. The van der Waals surface area contributed by atoms with E-state index < -0.39 is 11.0 Å². The SMILES string of the molecule is COc1ncc([C@H](C)NS(=O)C(C)(C)C)c2ccccc12. The lowest BCUT2D eigenvalue weighted by Gasteiger charge is -2.23. The summed E-state index contributed by atoms with van der Waals surface area (Å²) in [5.41, 5.74) is 1.02. The van der Waals surface area contributed by atoms with Crippen molar-refractivity contribution >= 4 is 21.8 Å². The van der Waals surface area contributed by atoms with Gasteiger partial charge in [0.05, 0.1) is 22.8 Å². The first-order valence-electron chi connectivity index (χ1n) is 6.94. The van der Waals surface area contributed by atoms with Gasteiger partial charge in [0.1, 0.15) is 0 Å². The smallest absolute Gasteiger partial charge is 0.221 e. The number of hydrogen-bond donors (Lipinski definition) is 1. The van der Waals surface area contributed by atoms with Crippen molar-refractivity contribution in [3.8, 4) is 5.88 Å². The van der Waals surface area contributed by atoms with Crippen LogP contribution >= 0.6 is 0 Å². The van der Waals surface area contributed by atoms with E-state index in [0.717, 1.165) is 16.3 Å². The average molecular weight is 306 g/mol. The van der Waals surface area contributed by atoms with Crippen LogP contribution in [0.5, 0.6) is 5.88 Å². The normalized spacial score (nSPS) is 14.9. The zero-order chi connectivity index (χ0) is 15.6.